The molecule has 0 unspecified atom stereocenters. The van der Waals surface area contributed by atoms with E-state index in [-0.39, 0.29) is 0 Å². The van der Waals surface area contributed by atoms with Crippen molar-refractivity contribution < 1.29 is 0 Å². The van der Waals surface area contributed by atoms with Crippen LogP contribution in [0.1, 0.15) is 169 Å². The third-order valence-corrected chi connectivity index (χ3v) is 15.1. The first kappa shape index (κ1) is 63.9. The summed E-state index contributed by atoms with van der Waals surface area (Å²) in [7, 11) is 0. The lowest BCUT2D eigenvalue weighted by Crippen LogP contribution is -1.98. The molecule has 0 saturated heterocycles. The summed E-state index contributed by atoms with van der Waals surface area (Å²) in [5.41, 5.74) is 36.3. The molecule has 10 heteroatoms. The highest BCUT2D eigenvalue weighted by molar-refractivity contribution is 5.39. The van der Waals surface area contributed by atoms with E-state index in [0.29, 0.717) is 0 Å². The molecule has 0 atom stereocenters. The fraction of sp³-hybridized carbons (Fsp3) is 0.484. The van der Waals surface area contributed by atoms with Gasteiger partial charge in [-0.3, -0.25) is 29.9 Å². The molecule has 7 heterocycles. The van der Waals surface area contributed by atoms with Gasteiger partial charge in [0, 0.05) is 46.1 Å². The van der Waals surface area contributed by atoms with E-state index in [1.807, 2.05) is 68.5 Å². The minimum atomic E-state index is 1.02. The highest BCUT2D eigenvalue weighted by Crippen LogP contribution is 2.19. The van der Waals surface area contributed by atoms with E-state index in [1.54, 1.807) is 6.20 Å². The Balaban J connectivity index is 0.000000420. The summed E-state index contributed by atoms with van der Waals surface area (Å²) in [6.45, 7) is 62.1. The van der Waals surface area contributed by atoms with Gasteiger partial charge in [-0.15, -0.1) is 0 Å². The fourth-order valence-electron chi connectivity index (χ4n) is 7.01. The van der Waals surface area contributed by atoms with Crippen LogP contribution in [-0.4, -0.2) is 50.3 Å². The molecule has 0 saturated carbocycles. The summed E-state index contributed by atoms with van der Waals surface area (Å²) in [6.07, 6.45) is 3.71. The Labute approximate surface area is 437 Å². The SMILES string of the molecule is Cc1cnc(C)c(C)c1C.Cc1cnnc(C)c1C.Cc1nc(C)c(C)c(C)c1C.Cc1nc(C)c(C)c(C)c1C.Cc1nc(C)c(C)c(C)c1C.Cc1nc(C)c(C)nc1C.Cc1nnc(C)c(C)c1C. The van der Waals surface area contributed by atoms with E-state index in [2.05, 4.69) is 196 Å². The van der Waals surface area contributed by atoms with Crippen LogP contribution >= 0.6 is 0 Å². The highest BCUT2D eigenvalue weighted by Gasteiger charge is 2.07. The quantitative estimate of drug-likeness (QED) is 0.145. The van der Waals surface area contributed by atoms with Crippen LogP contribution in [0.5, 0.6) is 0 Å². The number of rotatable bonds is 0. The van der Waals surface area contributed by atoms with Crippen LogP contribution in [0.2, 0.25) is 0 Å². The second kappa shape index (κ2) is 28.8. The molecule has 10 nitrogen and oxygen atoms in total. The van der Waals surface area contributed by atoms with Gasteiger partial charge in [0.1, 0.15) is 0 Å². The topological polar surface area (TPSA) is 129 Å². The molecule has 0 aliphatic carbocycles. The van der Waals surface area contributed by atoms with Crippen molar-refractivity contribution in [2.45, 2.75) is 208 Å². The second-order valence-corrected chi connectivity index (χ2v) is 19.7. The van der Waals surface area contributed by atoms with Crippen molar-refractivity contribution in [2.24, 2.45) is 0 Å². The summed E-state index contributed by atoms with van der Waals surface area (Å²) in [4.78, 5) is 26.2. The Morgan fingerprint density at radius 1 is 0.181 bits per heavy atom. The molecule has 0 spiro atoms. The average Bonchev–Trinajstić information content (AvgIpc) is 3.33. The van der Waals surface area contributed by atoms with Crippen LogP contribution in [0.4, 0.5) is 0 Å². The Kier molecular flexibility index (Phi) is 25.5. The standard InChI is InChI=1S/3C10H15N.C9H13N.2C8H12N2.C7H10N2/c3*1-6-7(2)9(4)11-10(5)8(6)3;1-6-5-10-9(4)8(3)7(6)2;1-5-6(2)10-8(4)7(3)9-5;1-5-6(2)8(4)10-9-7(5)3;1-5-4-8-9-7(3)6(5)2/h3*1-5H3;5H,1-4H3;2*1-4H3;4H,1-3H3. The fourth-order valence-corrected chi connectivity index (χ4v) is 7.01. The smallest absolute Gasteiger partial charge is 0.0632 e. The molecule has 7 rings (SSSR count). The van der Waals surface area contributed by atoms with Crippen molar-refractivity contribution in [3.8, 4) is 0 Å². The zero-order chi connectivity index (χ0) is 55.8. The van der Waals surface area contributed by atoms with Gasteiger partial charge >= 0.3 is 0 Å². The number of pyridine rings is 4. The maximum absolute atomic E-state index is 4.43. The maximum atomic E-state index is 4.43. The first-order valence-electron chi connectivity index (χ1n) is 25.1. The van der Waals surface area contributed by atoms with E-state index in [1.165, 1.54) is 89.0 Å². The monoisotopic (exact) mass is 977 g/mol. The molecule has 7 aromatic rings. The predicted octanol–water partition coefficient (Wildman–Crippen LogP) is 15.0. The summed E-state index contributed by atoms with van der Waals surface area (Å²) in [5, 5.41) is 15.7. The largest absolute Gasteiger partial charge is 0.261 e. The van der Waals surface area contributed by atoms with Crippen molar-refractivity contribution in [1.82, 2.24) is 50.3 Å². The van der Waals surface area contributed by atoms with E-state index in [4.69, 9.17) is 0 Å². The third-order valence-electron chi connectivity index (χ3n) is 15.1. The molecule has 0 N–H and O–H groups in total. The second-order valence-electron chi connectivity index (χ2n) is 19.7. The number of nitrogens with zero attached hydrogens (tertiary/aromatic N) is 10. The molecule has 0 radical (unpaired) electrons. The minimum absolute atomic E-state index is 1.02. The van der Waals surface area contributed by atoms with Crippen molar-refractivity contribution >= 4 is 0 Å². The van der Waals surface area contributed by atoms with Crippen LogP contribution in [0.15, 0.2) is 12.4 Å². The molecular weight excluding hydrogens is 885 g/mol. The van der Waals surface area contributed by atoms with Gasteiger partial charge < -0.3 is 0 Å². The lowest BCUT2D eigenvalue weighted by atomic mass is 10.0. The van der Waals surface area contributed by atoms with Crippen LogP contribution in [-0.2, 0) is 0 Å². The molecule has 72 heavy (non-hydrogen) atoms. The first-order valence-corrected chi connectivity index (χ1v) is 25.1. The van der Waals surface area contributed by atoms with Gasteiger partial charge in [-0.2, -0.15) is 20.4 Å². The van der Waals surface area contributed by atoms with Gasteiger partial charge in [-0.1, -0.05) is 0 Å². The van der Waals surface area contributed by atoms with Crippen LogP contribution < -0.4 is 0 Å². The van der Waals surface area contributed by atoms with Crippen LogP contribution in [0, 0.1) is 208 Å². The molecule has 390 valence electrons. The van der Waals surface area contributed by atoms with Gasteiger partial charge in [0.05, 0.1) is 46.1 Å². The van der Waals surface area contributed by atoms with Gasteiger partial charge in [0.25, 0.3) is 0 Å². The zero-order valence-electron chi connectivity index (χ0n) is 50.6. The Morgan fingerprint density at radius 3 is 0.653 bits per heavy atom. The molecule has 0 aliphatic heterocycles. The van der Waals surface area contributed by atoms with Gasteiger partial charge in [-0.05, 0) is 297 Å². The van der Waals surface area contributed by atoms with E-state index in [9.17, 15) is 0 Å². The van der Waals surface area contributed by atoms with E-state index < -0.39 is 0 Å². The highest BCUT2D eigenvalue weighted by atomic mass is 15.1. The molecule has 0 amide bonds. The first-order chi connectivity index (χ1) is 33.2. The molecule has 0 fully saturated rings. The number of aryl methyl sites for hydroxylation is 16. The van der Waals surface area contributed by atoms with E-state index >= 15 is 0 Å². The Hall–Kier alpha value is -6.16. The average molecular weight is 977 g/mol. The molecule has 0 bridgehead atoms. The number of aromatic nitrogens is 10. The third kappa shape index (κ3) is 18.2. The molecule has 0 aromatic carbocycles. The molecule has 0 aliphatic rings. The zero-order valence-corrected chi connectivity index (χ0v) is 50.6. The predicted molar refractivity (Wildman–Crippen MR) is 305 cm³/mol. The normalized spacial score (nSPS) is 10.1. The van der Waals surface area contributed by atoms with Crippen molar-refractivity contribution in [1.29, 1.82) is 0 Å². The van der Waals surface area contributed by atoms with Crippen LogP contribution in [0.3, 0.4) is 0 Å². The Morgan fingerprint density at radius 2 is 0.403 bits per heavy atom. The number of hydrogen-bond donors (Lipinski definition) is 0. The number of hydrogen-bond acceptors (Lipinski definition) is 10. The van der Waals surface area contributed by atoms with Crippen molar-refractivity contribution in [3.63, 3.8) is 0 Å². The van der Waals surface area contributed by atoms with E-state index in [0.717, 1.165) is 79.7 Å². The Bertz CT molecular complexity index is 2560. The van der Waals surface area contributed by atoms with Crippen molar-refractivity contribution in [3.05, 3.63) is 181 Å². The lowest BCUT2D eigenvalue weighted by molar-refractivity contribution is 0.905. The van der Waals surface area contributed by atoms with Crippen molar-refractivity contribution in [2.75, 3.05) is 0 Å². The van der Waals surface area contributed by atoms with Gasteiger partial charge in [0.2, 0.25) is 0 Å². The minimum Gasteiger partial charge on any atom is -0.261 e. The lowest BCUT2D eigenvalue weighted by Gasteiger charge is -2.09. The summed E-state index contributed by atoms with van der Waals surface area (Å²) < 4.78 is 0. The maximum Gasteiger partial charge on any atom is 0.0632 e. The van der Waals surface area contributed by atoms with Crippen LogP contribution in [0.25, 0.3) is 0 Å². The summed E-state index contributed by atoms with van der Waals surface area (Å²) in [5.74, 6) is 0. The summed E-state index contributed by atoms with van der Waals surface area (Å²) >= 11 is 0. The van der Waals surface area contributed by atoms with Gasteiger partial charge in [0.15, 0.2) is 0 Å². The van der Waals surface area contributed by atoms with Gasteiger partial charge in [-0.25, -0.2) is 0 Å². The molecular formula is C62H92N10. The summed E-state index contributed by atoms with van der Waals surface area (Å²) in [6, 6.07) is 0. The molecule has 7 aromatic heterocycles.